The van der Waals surface area contributed by atoms with Crippen molar-refractivity contribution in [2.24, 2.45) is 23.2 Å². The highest BCUT2D eigenvalue weighted by molar-refractivity contribution is 5.74. The third-order valence-electron chi connectivity index (χ3n) is 14.3. The maximum absolute atomic E-state index is 13.7. The second-order valence-corrected chi connectivity index (χ2v) is 17.8. The quantitative estimate of drug-likeness (QED) is 0.205. The molecule has 322 valence electrons. The lowest BCUT2D eigenvalue weighted by atomic mass is 9.55. The summed E-state index contributed by atoms with van der Waals surface area (Å²) >= 11 is 0. The number of esters is 1. The van der Waals surface area contributed by atoms with Crippen molar-refractivity contribution in [2.45, 2.75) is 184 Å². The van der Waals surface area contributed by atoms with Crippen LogP contribution >= 0.6 is 0 Å². The van der Waals surface area contributed by atoms with Gasteiger partial charge in [-0.05, 0) is 69.8 Å². The summed E-state index contributed by atoms with van der Waals surface area (Å²) in [6.45, 7) is 9.64. The van der Waals surface area contributed by atoms with E-state index in [9.17, 15) is 25.2 Å². The zero-order valence-corrected chi connectivity index (χ0v) is 34.0. The van der Waals surface area contributed by atoms with Crippen molar-refractivity contribution >= 4 is 5.97 Å². The molecule has 1 saturated carbocycles. The fraction of sp³-hybridized carbons (Fsp3) is 0.878. The zero-order chi connectivity index (χ0) is 40.6. The lowest BCUT2D eigenvalue weighted by molar-refractivity contribution is -0.354. The van der Waals surface area contributed by atoms with Crippen LogP contribution in [0.5, 0.6) is 0 Å². The van der Waals surface area contributed by atoms with Crippen LogP contribution in [0.1, 0.15) is 79.6 Å². The van der Waals surface area contributed by atoms with E-state index in [1.807, 2.05) is 6.92 Å². The van der Waals surface area contributed by atoms with Crippen LogP contribution in [0.3, 0.4) is 0 Å². The maximum atomic E-state index is 13.7. The van der Waals surface area contributed by atoms with Gasteiger partial charge in [-0.25, -0.2) is 0 Å². The van der Waals surface area contributed by atoms with Gasteiger partial charge in [0.25, 0.3) is 0 Å². The van der Waals surface area contributed by atoms with E-state index in [0.717, 1.165) is 24.0 Å². The molecule has 6 aliphatic heterocycles. The van der Waals surface area contributed by atoms with Crippen LogP contribution in [0.4, 0.5) is 0 Å². The van der Waals surface area contributed by atoms with Gasteiger partial charge in [0, 0.05) is 34.0 Å². The second kappa shape index (κ2) is 16.3. The van der Waals surface area contributed by atoms with Gasteiger partial charge in [0.1, 0.15) is 36.6 Å². The molecule has 0 aromatic heterocycles. The predicted octanol–water partition coefficient (Wildman–Crippen LogP) is 1.98. The summed E-state index contributed by atoms with van der Waals surface area (Å²) in [6, 6.07) is 0. The molecule has 0 unspecified atom stereocenters. The van der Waals surface area contributed by atoms with Crippen molar-refractivity contribution in [2.75, 3.05) is 20.8 Å². The molecule has 2 aliphatic carbocycles. The molecule has 0 radical (unpaired) electrons. The normalized spacial score (nSPS) is 52.5. The number of aliphatic hydroxyl groups is 4. The number of methoxy groups -OCH3 is 2. The number of ether oxygens (including phenoxy) is 11. The molecule has 8 aliphatic rings. The minimum atomic E-state index is -1.28. The average Bonchev–Trinajstić information content (AvgIpc) is 3.68. The fourth-order valence-electron chi connectivity index (χ4n) is 11.1. The molecular formula is C41H62O16. The van der Waals surface area contributed by atoms with E-state index in [0.29, 0.717) is 32.3 Å². The Balaban J connectivity index is 0.886. The van der Waals surface area contributed by atoms with Crippen molar-refractivity contribution in [3.63, 3.8) is 0 Å². The Morgan fingerprint density at radius 1 is 0.807 bits per heavy atom. The number of rotatable bonds is 8. The summed E-state index contributed by atoms with van der Waals surface area (Å²) in [5.41, 5.74) is 1.74. The first-order valence-corrected chi connectivity index (χ1v) is 20.7. The average molecular weight is 811 g/mol. The second-order valence-electron chi connectivity index (χ2n) is 17.8. The molecule has 4 N–H and O–H groups in total. The highest BCUT2D eigenvalue weighted by Crippen LogP contribution is 2.57. The van der Waals surface area contributed by atoms with Gasteiger partial charge >= 0.3 is 5.97 Å². The van der Waals surface area contributed by atoms with Crippen LogP contribution in [-0.4, -0.2) is 151 Å². The van der Waals surface area contributed by atoms with Crippen LogP contribution < -0.4 is 0 Å². The Morgan fingerprint density at radius 2 is 1.53 bits per heavy atom. The van der Waals surface area contributed by atoms with Gasteiger partial charge in [-0.3, -0.25) is 4.79 Å². The van der Waals surface area contributed by atoms with E-state index in [-0.39, 0.29) is 30.1 Å². The molecule has 21 atom stereocenters. The lowest BCUT2D eigenvalue weighted by Crippen LogP contribution is -2.62. The highest BCUT2D eigenvalue weighted by atomic mass is 16.8. The van der Waals surface area contributed by atoms with E-state index in [4.69, 9.17) is 52.1 Å². The zero-order valence-electron chi connectivity index (χ0n) is 34.0. The van der Waals surface area contributed by atoms with Crippen molar-refractivity contribution in [3.05, 3.63) is 23.5 Å². The van der Waals surface area contributed by atoms with Gasteiger partial charge in [0.2, 0.25) is 5.79 Å². The standard InChI is InChI=1S/C41H62O16/c1-18-33(44)28(47-6)14-31(51-18)56-35-19(2)52-30(13-25(35)42)57-36-20(3)53-39(34(45)37(36)48-7)55-27-12-22-9-10-23-24(40(22,4)15-26(27)43)11-8-21-16-49-41(5)32(21)29(17-50-41)54-38(23)46/h9,16,18-20,23-37,39,42-45H,8,10-15,17H2,1-7H3/t18-,19+,20+,23-,24-,25-,26+,27+,28+,29+,30-,31-,32+,33-,34+,35+,36+,37+,39-,40-,41-/m0/s1. The molecule has 5 saturated heterocycles. The molecule has 16 heteroatoms. The number of allylic oxidation sites excluding steroid dienone is 1. The molecule has 0 amide bonds. The topological polar surface area (TPSA) is 200 Å². The van der Waals surface area contributed by atoms with Crippen LogP contribution in [0.2, 0.25) is 0 Å². The van der Waals surface area contributed by atoms with Crippen molar-refractivity contribution < 1.29 is 77.3 Å². The predicted molar refractivity (Wildman–Crippen MR) is 196 cm³/mol. The summed E-state index contributed by atoms with van der Waals surface area (Å²) in [4.78, 5) is 13.7. The first kappa shape index (κ1) is 41.9. The first-order chi connectivity index (χ1) is 27.1. The summed E-state index contributed by atoms with van der Waals surface area (Å²) in [7, 11) is 2.99. The van der Waals surface area contributed by atoms with Crippen molar-refractivity contribution in [1.29, 1.82) is 0 Å². The van der Waals surface area contributed by atoms with Crippen LogP contribution in [-0.2, 0) is 56.9 Å². The summed E-state index contributed by atoms with van der Waals surface area (Å²) in [5, 5.41) is 44.8. The van der Waals surface area contributed by atoms with Gasteiger partial charge in [0.05, 0.1) is 67.4 Å². The Bertz CT molecular complexity index is 1510. The molecule has 6 fully saturated rings. The fourth-order valence-corrected chi connectivity index (χ4v) is 11.1. The first-order valence-electron chi connectivity index (χ1n) is 20.7. The number of hydrogen-bond acceptors (Lipinski definition) is 16. The monoisotopic (exact) mass is 810 g/mol. The Kier molecular flexibility index (Phi) is 12.0. The summed E-state index contributed by atoms with van der Waals surface area (Å²) in [5.74, 6) is -1.59. The molecular weight excluding hydrogens is 748 g/mol. The number of fused-ring (bicyclic) bond motifs is 3. The largest absolute Gasteiger partial charge is 0.469 e. The Labute approximate surface area is 333 Å². The number of carbonyl (C=O) groups excluding carboxylic acids is 1. The van der Waals surface area contributed by atoms with E-state index >= 15 is 0 Å². The third-order valence-corrected chi connectivity index (χ3v) is 14.3. The minimum Gasteiger partial charge on any atom is -0.469 e. The molecule has 0 bridgehead atoms. The Morgan fingerprint density at radius 3 is 2.26 bits per heavy atom. The van der Waals surface area contributed by atoms with E-state index in [1.165, 1.54) is 14.2 Å². The highest BCUT2D eigenvalue weighted by Gasteiger charge is 2.59. The number of aliphatic hydroxyl groups excluding tert-OH is 4. The van der Waals surface area contributed by atoms with Crippen LogP contribution in [0, 0.1) is 23.2 Å². The van der Waals surface area contributed by atoms with Gasteiger partial charge in [-0.1, -0.05) is 18.6 Å². The van der Waals surface area contributed by atoms with Gasteiger partial charge in [-0.15, -0.1) is 0 Å². The molecule has 0 spiro atoms. The number of hydrogen-bond donors (Lipinski definition) is 4. The van der Waals surface area contributed by atoms with Crippen LogP contribution in [0.15, 0.2) is 23.5 Å². The van der Waals surface area contributed by atoms with Gasteiger partial charge in [0.15, 0.2) is 18.9 Å². The lowest BCUT2D eigenvalue weighted by Gasteiger charge is -2.52. The van der Waals surface area contributed by atoms with Gasteiger partial charge < -0.3 is 72.5 Å². The Hall–Kier alpha value is -1.77. The molecule has 8 rings (SSSR count). The van der Waals surface area contributed by atoms with Gasteiger partial charge in [-0.2, -0.15) is 0 Å². The van der Waals surface area contributed by atoms with E-state index < -0.39 is 109 Å². The van der Waals surface area contributed by atoms with Crippen LogP contribution in [0.25, 0.3) is 0 Å². The third kappa shape index (κ3) is 7.63. The molecule has 0 aromatic carbocycles. The summed E-state index contributed by atoms with van der Waals surface area (Å²) < 4.78 is 66.3. The maximum Gasteiger partial charge on any atom is 0.309 e. The smallest absolute Gasteiger partial charge is 0.309 e. The molecule has 16 nitrogen and oxygen atoms in total. The van der Waals surface area contributed by atoms with E-state index in [1.54, 1.807) is 27.0 Å². The van der Waals surface area contributed by atoms with Crippen molar-refractivity contribution in [3.8, 4) is 0 Å². The van der Waals surface area contributed by atoms with E-state index in [2.05, 4.69) is 13.0 Å². The molecule has 57 heavy (non-hydrogen) atoms. The molecule has 6 heterocycles. The minimum absolute atomic E-state index is 0.0631. The SMILES string of the molecule is CO[C@@H]1[C@@H](O)[C@H](O[C@@H]2CC3=CC[C@@H]4C(=O)O[C@@H]5CO[C@]6(C)OC=C(CC[C@@H]4[C@@]3(C)C[C@H]2O)[C@H]56)O[C@H](C)[C@H]1O[C@H]1C[C@H](O)[C@H](O[C@H]2C[C@@H](OC)[C@@H](O)[C@H](C)O2)[C@@H](C)O1. The summed E-state index contributed by atoms with van der Waals surface area (Å²) in [6.07, 6.45) is -5.26. The molecule has 0 aromatic rings. The van der Waals surface area contributed by atoms with Crippen molar-refractivity contribution in [1.82, 2.24) is 0 Å². The number of carbonyl (C=O) groups is 1.